The van der Waals surface area contributed by atoms with Crippen LogP contribution in [-0.2, 0) is 9.84 Å². The van der Waals surface area contributed by atoms with Crippen LogP contribution in [0.25, 0.3) is 5.82 Å². The van der Waals surface area contributed by atoms with Gasteiger partial charge in [-0.1, -0.05) is 11.6 Å². The molecule has 1 fully saturated rings. The smallest absolute Gasteiger partial charge is 0.254 e. The van der Waals surface area contributed by atoms with Gasteiger partial charge in [-0.15, -0.1) is 0 Å². The Morgan fingerprint density at radius 1 is 1.30 bits per heavy atom. The van der Waals surface area contributed by atoms with Crippen LogP contribution in [0, 0.1) is 17.2 Å². The first-order chi connectivity index (χ1) is 15.7. The maximum atomic E-state index is 13.6. The molecule has 11 heteroatoms. The van der Waals surface area contributed by atoms with E-state index in [1.165, 1.54) is 35.4 Å². The standard InChI is InChI=1S/C22H21ClN6O3S/c1-14(21-26-13-27-29(21)20-6-5-16(10-24)11-25-20)28(12-15-3-4-15)22(30)17-7-18(23)9-19(8-17)33(2,31)32/h5-9,11,13-15H,3-4,12H2,1-2H3. The summed E-state index contributed by atoms with van der Waals surface area (Å²) >= 11 is 6.14. The number of halogens is 1. The fourth-order valence-electron chi connectivity index (χ4n) is 3.49. The van der Waals surface area contributed by atoms with Gasteiger partial charge in [0.2, 0.25) is 0 Å². The van der Waals surface area contributed by atoms with Crippen molar-refractivity contribution < 1.29 is 13.2 Å². The Balaban J connectivity index is 1.71. The minimum Gasteiger partial charge on any atom is -0.328 e. The average molecular weight is 485 g/mol. The third kappa shape index (κ3) is 5.05. The van der Waals surface area contributed by atoms with Crippen LogP contribution in [-0.4, -0.2) is 51.8 Å². The molecular weight excluding hydrogens is 464 g/mol. The maximum absolute atomic E-state index is 13.6. The van der Waals surface area contributed by atoms with E-state index in [4.69, 9.17) is 16.9 Å². The number of rotatable bonds is 7. The summed E-state index contributed by atoms with van der Waals surface area (Å²) in [5, 5.41) is 13.4. The second-order valence-electron chi connectivity index (χ2n) is 8.07. The first-order valence-electron chi connectivity index (χ1n) is 10.3. The van der Waals surface area contributed by atoms with Gasteiger partial charge in [-0.2, -0.15) is 15.0 Å². The van der Waals surface area contributed by atoms with Crippen LogP contribution in [0.4, 0.5) is 0 Å². The number of nitriles is 1. The van der Waals surface area contributed by atoms with Gasteiger partial charge in [0.1, 0.15) is 12.4 Å². The summed E-state index contributed by atoms with van der Waals surface area (Å²) in [5.74, 6) is 0.986. The highest BCUT2D eigenvalue weighted by Gasteiger charge is 2.33. The lowest BCUT2D eigenvalue weighted by molar-refractivity contribution is 0.0670. The summed E-state index contributed by atoms with van der Waals surface area (Å²) in [7, 11) is -3.54. The number of nitrogens with zero attached hydrogens (tertiary/aromatic N) is 6. The van der Waals surface area contributed by atoms with Crippen LogP contribution in [0.2, 0.25) is 5.02 Å². The molecule has 1 aliphatic carbocycles. The van der Waals surface area contributed by atoms with Crippen molar-refractivity contribution in [2.45, 2.75) is 30.7 Å². The van der Waals surface area contributed by atoms with Gasteiger partial charge in [-0.05, 0) is 56.0 Å². The molecule has 1 aromatic carbocycles. The largest absolute Gasteiger partial charge is 0.328 e. The highest BCUT2D eigenvalue weighted by molar-refractivity contribution is 7.90. The Labute approximate surface area is 196 Å². The molecule has 1 unspecified atom stereocenters. The number of amides is 1. The normalized spacial score (nSPS) is 14.5. The van der Waals surface area contributed by atoms with Crippen molar-refractivity contribution in [3.05, 3.63) is 64.8 Å². The Morgan fingerprint density at radius 3 is 2.67 bits per heavy atom. The number of carbonyl (C=O) groups is 1. The second-order valence-corrected chi connectivity index (χ2v) is 10.5. The van der Waals surface area contributed by atoms with Crippen molar-refractivity contribution in [1.82, 2.24) is 24.6 Å². The van der Waals surface area contributed by atoms with Crippen LogP contribution in [0.5, 0.6) is 0 Å². The number of aromatic nitrogens is 4. The van der Waals surface area contributed by atoms with E-state index in [0.29, 0.717) is 29.7 Å². The quantitative estimate of drug-likeness (QED) is 0.504. The van der Waals surface area contributed by atoms with Crippen molar-refractivity contribution in [2.75, 3.05) is 12.8 Å². The van der Waals surface area contributed by atoms with Gasteiger partial charge in [-0.25, -0.2) is 18.4 Å². The molecule has 0 aliphatic heterocycles. The average Bonchev–Trinajstić information content (AvgIpc) is 3.48. The monoisotopic (exact) mass is 484 g/mol. The van der Waals surface area contributed by atoms with Crippen molar-refractivity contribution >= 4 is 27.3 Å². The molecule has 0 bridgehead atoms. The van der Waals surface area contributed by atoms with E-state index in [1.807, 2.05) is 13.0 Å². The zero-order valence-electron chi connectivity index (χ0n) is 18.0. The van der Waals surface area contributed by atoms with Gasteiger partial charge in [0, 0.05) is 29.6 Å². The Morgan fingerprint density at radius 2 is 2.06 bits per heavy atom. The van der Waals surface area contributed by atoms with Crippen LogP contribution in [0.1, 0.15) is 47.6 Å². The van der Waals surface area contributed by atoms with E-state index in [0.717, 1.165) is 19.1 Å². The fraction of sp³-hybridized carbons (Fsp3) is 0.318. The Hall–Kier alpha value is -3.29. The number of sulfone groups is 1. The Kier molecular flexibility index (Phi) is 6.19. The zero-order chi connectivity index (χ0) is 23.8. The van der Waals surface area contributed by atoms with Crippen LogP contribution >= 0.6 is 11.6 Å². The molecule has 1 aliphatic rings. The summed E-state index contributed by atoms with van der Waals surface area (Å²) < 4.78 is 25.6. The van der Waals surface area contributed by atoms with E-state index in [-0.39, 0.29) is 21.4 Å². The molecule has 0 spiro atoms. The molecule has 9 nitrogen and oxygen atoms in total. The predicted molar refractivity (Wildman–Crippen MR) is 121 cm³/mol. The molecule has 1 saturated carbocycles. The van der Waals surface area contributed by atoms with Gasteiger partial charge < -0.3 is 4.90 Å². The number of pyridine rings is 1. The predicted octanol–water partition coefficient (Wildman–Crippen LogP) is 3.20. The second kappa shape index (κ2) is 8.92. The maximum Gasteiger partial charge on any atom is 0.254 e. The van der Waals surface area contributed by atoms with Crippen molar-refractivity contribution in [3.8, 4) is 11.9 Å². The van der Waals surface area contributed by atoms with Crippen LogP contribution in [0.3, 0.4) is 0 Å². The minimum absolute atomic E-state index is 0.0117. The SMILES string of the molecule is CC(c1ncnn1-c1ccc(C#N)cn1)N(CC1CC1)C(=O)c1cc(Cl)cc(S(C)(=O)=O)c1. The number of carbonyl (C=O) groups excluding carboxylic acids is 1. The summed E-state index contributed by atoms with van der Waals surface area (Å²) in [5.41, 5.74) is 0.611. The van der Waals surface area contributed by atoms with Gasteiger partial charge in [0.15, 0.2) is 21.5 Å². The first kappa shape index (κ1) is 22.9. The van der Waals surface area contributed by atoms with Crippen LogP contribution in [0.15, 0.2) is 47.8 Å². The number of hydrogen-bond acceptors (Lipinski definition) is 7. The van der Waals surface area contributed by atoms with E-state index < -0.39 is 15.9 Å². The van der Waals surface area contributed by atoms with E-state index in [1.54, 1.807) is 17.0 Å². The summed E-state index contributed by atoms with van der Waals surface area (Å²) in [4.78, 5) is 23.9. The zero-order valence-corrected chi connectivity index (χ0v) is 19.6. The third-order valence-electron chi connectivity index (χ3n) is 5.47. The van der Waals surface area contributed by atoms with Gasteiger partial charge in [0.25, 0.3) is 5.91 Å². The van der Waals surface area contributed by atoms with Gasteiger partial charge in [0.05, 0.1) is 16.5 Å². The molecule has 4 rings (SSSR count). The molecule has 0 radical (unpaired) electrons. The summed E-state index contributed by atoms with van der Waals surface area (Å²) in [6, 6.07) is 8.97. The molecule has 1 atom stereocenters. The van der Waals surface area contributed by atoms with E-state index in [9.17, 15) is 13.2 Å². The minimum atomic E-state index is -3.54. The lowest BCUT2D eigenvalue weighted by Crippen LogP contribution is -2.36. The molecule has 0 saturated heterocycles. The molecule has 170 valence electrons. The van der Waals surface area contributed by atoms with Crippen LogP contribution < -0.4 is 0 Å². The molecule has 2 heterocycles. The summed E-state index contributed by atoms with van der Waals surface area (Å²) in [6.45, 7) is 2.33. The van der Waals surface area contributed by atoms with Gasteiger partial charge >= 0.3 is 0 Å². The topological polar surface area (TPSA) is 122 Å². The van der Waals surface area contributed by atoms with Crippen molar-refractivity contribution in [3.63, 3.8) is 0 Å². The highest BCUT2D eigenvalue weighted by Crippen LogP contribution is 2.34. The molecule has 0 N–H and O–H groups in total. The molecule has 33 heavy (non-hydrogen) atoms. The molecular formula is C22H21ClN6O3S. The summed E-state index contributed by atoms with van der Waals surface area (Å²) in [6.07, 6.45) is 5.93. The first-order valence-corrected chi connectivity index (χ1v) is 12.5. The fourth-order valence-corrected chi connectivity index (χ4v) is 4.47. The Bertz CT molecular complexity index is 1340. The van der Waals surface area contributed by atoms with Crippen molar-refractivity contribution in [1.29, 1.82) is 5.26 Å². The third-order valence-corrected chi connectivity index (χ3v) is 6.78. The number of benzene rings is 1. The lowest BCUT2D eigenvalue weighted by atomic mass is 10.1. The molecule has 2 aromatic heterocycles. The highest BCUT2D eigenvalue weighted by atomic mass is 35.5. The number of hydrogen-bond donors (Lipinski definition) is 0. The van der Waals surface area contributed by atoms with E-state index >= 15 is 0 Å². The molecule has 3 aromatic rings. The van der Waals surface area contributed by atoms with Crippen molar-refractivity contribution in [2.24, 2.45) is 5.92 Å². The van der Waals surface area contributed by atoms with Gasteiger partial charge in [-0.3, -0.25) is 4.79 Å². The molecule has 1 amide bonds. The van der Waals surface area contributed by atoms with E-state index in [2.05, 4.69) is 15.1 Å². The lowest BCUT2D eigenvalue weighted by Gasteiger charge is -2.29.